The molecule has 7 nitrogen and oxygen atoms in total. The topological polar surface area (TPSA) is 88.7 Å². The van der Waals surface area contributed by atoms with Crippen molar-refractivity contribution in [2.75, 3.05) is 19.5 Å². The first-order valence-electron chi connectivity index (χ1n) is 8.53. The van der Waals surface area contributed by atoms with Crippen molar-refractivity contribution in [3.05, 3.63) is 71.8 Å². The van der Waals surface area contributed by atoms with Gasteiger partial charge in [0.05, 0.1) is 26.0 Å². The Morgan fingerprint density at radius 2 is 1.79 bits per heavy atom. The summed E-state index contributed by atoms with van der Waals surface area (Å²) in [4.78, 5) is 24.6. The zero-order valence-electron chi connectivity index (χ0n) is 15.4. The van der Waals surface area contributed by atoms with Crippen LogP contribution in [-0.4, -0.2) is 26.2 Å². The van der Waals surface area contributed by atoms with E-state index in [2.05, 4.69) is 16.0 Å². The summed E-state index contributed by atoms with van der Waals surface area (Å²) in [5, 5.41) is 8.39. The molecule has 0 saturated carbocycles. The maximum Gasteiger partial charge on any atom is 0.319 e. The van der Waals surface area contributed by atoms with Crippen molar-refractivity contribution in [2.24, 2.45) is 5.92 Å². The van der Waals surface area contributed by atoms with Crippen molar-refractivity contribution in [3.8, 4) is 5.75 Å². The summed E-state index contributed by atoms with van der Waals surface area (Å²) in [7, 11) is 2.85. The maximum atomic E-state index is 13.3. The highest BCUT2D eigenvalue weighted by atomic mass is 19.1. The van der Waals surface area contributed by atoms with Crippen LogP contribution in [0.15, 0.2) is 60.4 Å². The number of rotatable bonds is 5. The number of ether oxygens (including phenoxy) is 2. The van der Waals surface area contributed by atoms with Crippen LogP contribution in [0.4, 0.5) is 14.9 Å². The lowest BCUT2D eigenvalue weighted by molar-refractivity contribution is -0.145. The van der Waals surface area contributed by atoms with Gasteiger partial charge in [-0.25, -0.2) is 9.18 Å². The van der Waals surface area contributed by atoms with Crippen molar-refractivity contribution < 1.29 is 23.5 Å². The van der Waals surface area contributed by atoms with Crippen LogP contribution in [0.2, 0.25) is 0 Å². The molecule has 0 bridgehead atoms. The molecule has 2 amide bonds. The predicted molar refractivity (Wildman–Crippen MR) is 101 cm³/mol. The number of carbonyl (C=O) groups excluding carboxylic acids is 2. The van der Waals surface area contributed by atoms with Crippen molar-refractivity contribution in [3.63, 3.8) is 0 Å². The Morgan fingerprint density at radius 3 is 2.39 bits per heavy atom. The molecule has 2 aromatic carbocycles. The number of amides is 2. The van der Waals surface area contributed by atoms with Gasteiger partial charge in [0.1, 0.15) is 17.5 Å². The quantitative estimate of drug-likeness (QED) is 0.689. The molecule has 0 unspecified atom stereocenters. The SMILES string of the molecule is COC(=O)[C@H]1/C(=C\Nc2ccc(OC)cc2)NC(=O)N[C@@H]1c1ccc(F)cc1. The minimum atomic E-state index is -0.834. The van der Waals surface area contributed by atoms with Crippen LogP contribution in [0, 0.1) is 11.7 Å². The summed E-state index contributed by atoms with van der Waals surface area (Å²) in [6.07, 6.45) is 1.54. The first kappa shape index (κ1) is 19.2. The van der Waals surface area contributed by atoms with Crippen LogP contribution in [0.25, 0.3) is 0 Å². The zero-order valence-corrected chi connectivity index (χ0v) is 15.4. The first-order chi connectivity index (χ1) is 13.5. The van der Waals surface area contributed by atoms with E-state index in [4.69, 9.17) is 9.47 Å². The largest absolute Gasteiger partial charge is 0.497 e. The molecule has 2 aromatic rings. The molecular weight excluding hydrogens is 365 g/mol. The van der Waals surface area contributed by atoms with E-state index in [1.807, 2.05) is 0 Å². The molecule has 2 atom stereocenters. The first-order valence-corrected chi connectivity index (χ1v) is 8.53. The predicted octanol–water partition coefficient (Wildman–Crippen LogP) is 2.93. The fourth-order valence-corrected chi connectivity index (χ4v) is 2.96. The molecule has 1 aliphatic rings. The van der Waals surface area contributed by atoms with Crippen molar-refractivity contribution in [2.45, 2.75) is 6.04 Å². The van der Waals surface area contributed by atoms with Gasteiger partial charge < -0.3 is 25.4 Å². The Morgan fingerprint density at radius 1 is 1.11 bits per heavy atom. The molecule has 1 fully saturated rings. The number of benzene rings is 2. The second-order valence-corrected chi connectivity index (χ2v) is 6.10. The van der Waals surface area contributed by atoms with Gasteiger partial charge in [-0.1, -0.05) is 12.1 Å². The Hall–Kier alpha value is -3.55. The van der Waals surface area contributed by atoms with Crippen LogP contribution in [-0.2, 0) is 9.53 Å². The number of hydrogen-bond acceptors (Lipinski definition) is 5. The normalized spacial score (nSPS) is 20.1. The molecule has 8 heteroatoms. The van der Waals surface area contributed by atoms with E-state index in [0.29, 0.717) is 17.0 Å². The highest BCUT2D eigenvalue weighted by Crippen LogP contribution is 2.31. The Balaban J connectivity index is 1.91. The molecule has 146 valence electrons. The number of methoxy groups -OCH3 is 2. The zero-order chi connectivity index (χ0) is 20.1. The molecule has 0 radical (unpaired) electrons. The third kappa shape index (κ3) is 4.22. The lowest BCUT2D eigenvalue weighted by atomic mass is 9.88. The van der Waals surface area contributed by atoms with Crippen molar-refractivity contribution in [1.29, 1.82) is 0 Å². The molecule has 3 N–H and O–H groups in total. The molecule has 1 saturated heterocycles. The summed E-state index contributed by atoms with van der Waals surface area (Å²) in [6.45, 7) is 0. The summed E-state index contributed by atoms with van der Waals surface area (Å²) in [6, 6.07) is 11.6. The van der Waals surface area contributed by atoms with Gasteiger partial charge in [-0.2, -0.15) is 0 Å². The minimum absolute atomic E-state index is 0.334. The van der Waals surface area contributed by atoms with E-state index < -0.39 is 29.8 Å². The molecule has 28 heavy (non-hydrogen) atoms. The van der Waals surface area contributed by atoms with Gasteiger partial charge in [-0.15, -0.1) is 0 Å². The summed E-state index contributed by atoms with van der Waals surface area (Å²) in [5.74, 6) is -1.07. The van der Waals surface area contributed by atoms with Crippen molar-refractivity contribution in [1.82, 2.24) is 10.6 Å². The van der Waals surface area contributed by atoms with Crippen LogP contribution < -0.4 is 20.7 Å². The van der Waals surface area contributed by atoms with E-state index in [9.17, 15) is 14.0 Å². The van der Waals surface area contributed by atoms with Crippen LogP contribution >= 0.6 is 0 Å². The fourth-order valence-electron chi connectivity index (χ4n) is 2.96. The smallest absolute Gasteiger partial charge is 0.319 e. The van der Waals surface area contributed by atoms with Crippen molar-refractivity contribution >= 4 is 17.7 Å². The van der Waals surface area contributed by atoms with Crippen LogP contribution in [0.1, 0.15) is 11.6 Å². The third-order valence-corrected chi connectivity index (χ3v) is 4.38. The van der Waals surface area contributed by atoms with Gasteiger partial charge >= 0.3 is 12.0 Å². The van der Waals surface area contributed by atoms with E-state index in [0.717, 1.165) is 5.69 Å². The Bertz CT molecular complexity index is 881. The molecule has 0 aliphatic carbocycles. The number of hydrogen-bond donors (Lipinski definition) is 3. The standard InChI is InChI=1S/C20H20FN3O4/c1-27-15-9-7-14(8-10-15)22-11-16-17(19(25)28-2)18(24-20(26)23-16)12-3-5-13(21)6-4-12/h3-11,17-18,22H,1-2H3,(H2,23,24,26)/b16-11+/t17-,18+/m0/s1. The molecular formula is C20H20FN3O4. The number of urea groups is 1. The minimum Gasteiger partial charge on any atom is -0.497 e. The van der Waals surface area contributed by atoms with Gasteiger partial charge in [-0.05, 0) is 42.0 Å². The van der Waals surface area contributed by atoms with Gasteiger partial charge in [-0.3, -0.25) is 4.79 Å². The summed E-state index contributed by atoms with van der Waals surface area (Å²) >= 11 is 0. The maximum absolute atomic E-state index is 13.3. The van der Waals surface area contributed by atoms with E-state index >= 15 is 0 Å². The summed E-state index contributed by atoms with van der Waals surface area (Å²) < 4.78 is 23.3. The summed E-state index contributed by atoms with van der Waals surface area (Å²) in [5.41, 5.74) is 1.66. The number of nitrogens with one attached hydrogen (secondary N) is 3. The average molecular weight is 385 g/mol. The molecule has 1 aliphatic heterocycles. The van der Waals surface area contributed by atoms with E-state index in [1.165, 1.54) is 31.4 Å². The third-order valence-electron chi connectivity index (χ3n) is 4.38. The van der Waals surface area contributed by atoms with Gasteiger partial charge in [0.25, 0.3) is 0 Å². The number of carbonyl (C=O) groups is 2. The number of halogens is 1. The second-order valence-electron chi connectivity index (χ2n) is 6.10. The number of anilines is 1. The van der Waals surface area contributed by atoms with E-state index in [-0.39, 0.29) is 0 Å². The number of esters is 1. The monoisotopic (exact) mass is 385 g/mol. The van der Waals surface area contributed by atoms with Gasteiger partial charge in [0.15, 0.2) is 0 Å². The molecule has 0 spiro atoms. The second kappa shape index (κ2) is 8.43. The van der Waals surface area contributed by atoms with Gasteiger partial charge in [0, 0.05) is 11.9 Å². The van der Waals surface area contributed by atoms with Crippen LogP contribution in [0.3, 0.4) is 0 Å². The molecule has 0 aromatic heterocycles. The highest BCUT2D eigenvalue weighted by Gasteiger charge is 2.39. The lowest BCUT2D eigenvalue weighted by Crippen LogP contribution is -2.51. The molecule has 3 rings (SSSR count). The van der Waals surface area contributed by atoms with Gasteiger partial charge in [0.2, 0.25) is 0 Å². The average Bonchev–Trinajstić information content (AvgIpc) is 2.72. The van der Waals surface area contributed by atoms with Crippen LogP contribution in [0.5, 0.6) is 5.75 Å². The molecule has 1 heterocycles. The fraction of sp³-hybridized carbons (Fsp3) is 0.200. The highest BCUT2D eigenvalue weighted by molar-refractivity contribution is 5.85. The Labute approximate surface area is 161 Å². The Kier molecular flexibility index (Phi) is 5.78. The lowest BCUT2D eigenvalue weighted by Gasteiger charge is -2.33. The van der Waals surface area contributed by atoms with E-state index in [1.54, 1.807) is 37.6 Å².